The van der Waals surface area contributed by atoms with Crippen molar-refractivity contribution in [3.63, 3.8) is 0 Å². The predicted octanol–water partition coefficient (Wildman–Crippen LogP) is 2.80. The molecule has 2 aromatic rings. The average Bonchev–Trinajstić information content (AvgIpc) is 3.09. The van der Waals surface area contributed by atoms with Crippen molar-refractivity contribution in [1.29, 1.82) is 0 Å². The van der Waals surface area contributed by atoms with Crippen molar-refractivity contribution < 1.29 is 42.5 Å². The van der Waals surface area contributed by atoms with Gasteiger partial charge in [0.2, 0.25) is 5.91 Å². The lowest BCUT2D eigenvalue weighted by Gasteiger charge is -2.22. The molecule has 0 fully saturated rings. The Kier molecular flexibility index (Phi) is 7.77. The monoisotopic (exact) mass is 480 g/mol. The number of hydrogen-bond acceptors (Lipinski definition) is 5. The molecule has 0 saturated carbocycles. The number of carboxylic acid groups (broad SMARTS) is 1. The topological polar surface area (TPSA) is 125 Å². The van der Waals surface area contributed by atoms with E-state index in [1.807, 2.05) is 59.2 Å². The molecule has 1 unspecified atom stereocenters. The number of amides is 2. The van der Waals surface area contributed by atoms with Crippen LogP contribution in [0.1, 0.15) is 29.9 Å². The molecule has 1 aliphatic rings. The largest absolute Gasteiger partial charge is 0.480 e. The number of hydrogen-bond donors (Lipinski definition) is 4. The molecule has 11 heteroatoms. The SMILES string of the molecule is O=C(NC(CC(F)(F)F)C(=O)N[C@H](CCO)C(=O)O)OCC1c2ccccc2-c2ccccc21. The van der Waals surface area contributed by atoms with Gasteiger partial charge in [-0.25, -0.2) is 9.59 Å². The van der Waals surface area contributed by atoms with Crippen LogP contribution < -0.4 is 10.6 Å². The molecule has 34 heavy (non-hydrogen) atoms. The lowest BCUT2D eigenvalue weighted by Crippen LogP contribution is -2.53. The first-order valence-electron chi connectivity index (χ1n) is 10.4. The van der Waals surface area contributed by atoms with E-state index in [-0.39, 0.29) is 12.5 Å². The predicted molar refractivity (Wildman–Crippen MR) is 114 cm³/mol. The average molecular weight is 480 g/mol. The van der Waals surface area contributed by atoms with Gasteiger partial charge in [0.05, 0.1) is 6.42 Å². The third-order valence-corrected chi connectivity index (χ3v) is 5.42. The lowest BCUT2D eigenvalue weighted by molar-refractivity contribution is -0.151. The molecule has 0 heterocycles. The number of rotatable bonds is 9. The molecule has 2 atom stereocenters. The third kappa shape index (κ3) is 6.04. The zero-order chi connectivity index (χ0) is 24.9. The Labute approximate surface area is 192 Å². The molecule has 0 saturated heterocycles. The van der Waals surface area contributed by atoms with Crippen molar-refractivity contribution in [3.8, 4) is 11.1 Å². The van der Waals surface area contributed by atoms with Crippen molar-refractivity contribution in [3.05, 3.63) is 59.7 Å². The summed E-state index contributed by atoms with van der Waals surface area (Å²) in [4.78, 5) is 35.8. The molecule has 182 valence electrons. The second-order valence-corrected chi connectivity index (χ2v) is 7.75. The van der Waals surface area contributed by atoms with Gasteiger partial charge in [0.1, 0.15) is 18.7 Å². The summed E-state index contributed by atoms with van der Waals surface area (Å²) in [6, 6.07) is 11.2. The van der Waals surface area contributed by atoms with Gasteiger partial charge in [0, 0.05) is 18.9 Å². The van der Waals surface area contributed by atoms with Gasteiger partial charge < -0.3 is 25.6 Å². The van der Waals surface area contributed by atoms with E-state index >= 15 is 0 Å². The summed E-state index contributed by atoms with van der Waals surface area (Å²) >= 11 is 0. The minimum Gasteiger partial charge on any atom is -0.480 e. The van der Waals surface area contributed by atoms with Crippen molar-refractivity contribution in [2.24, 2.45) is 0 Å². The van der Waals surface area contributed by atoms with Gasteiger partial charge in [0.25, 0.3) is 0 Å². The number of carbonyl (C=O) groups excluding carboxylic acids is 2. The van der Waals surface area contributed by atoms with E-state index in [1.54, 1.807) is 0 Å². The van der Waals surface area contributed by atoms with Crippen LogP contribution >= 0.6 is 0 Å². The molecule has 3 rings (SSSR count). The number of ether oxygens (including phenoxy) is 1. The molecule has 0 bridgehead atoms. The second kappa shape index (κ2) is 10.6. The highest BCUT2D eigenvalue weighted by molar-refractivity contribution is 5.89. The maximum absolute atomic E-state index is 13.0. The zero-order valence-electron chi connectivity index (χ0n) is 17.8. The number of fused-ring (bicyclic) bond motifs is 3. The number of carboxylic acids is 1. The van der Waals surface area contributed by atoms with Gasteiger partial charge in [-0.2, -0.15) is 13.2 Å². The van der Waals surface area contributed by atoms with Gasteiger partial charge in [-0.05, 0) is 22.3 Å². The summed E-state index contributed by atoms with van der Waals surface area (Å²) in [5.41, 5.74) is 3.72. The first kappa shape index (κ1) is 25.0. The first-order chi connectivity index (χ1) is 16.1. The molecule has 1 aliphatic carbocycles. The fourth-order valence-electron chi connectivity index (χ4n) is 3.88. The Morgan fingerprint density at radius 2 is 1.50 bits per heavy atom. The van der Waals surface area contributed by atoms with Crippen molar-refractivity contribution in [1.82, 2.24) is 10.6 Å². The van der Waals surface area contributed by atoms with E-state index < -0.39 is 55.7 Å². The van der Waals surface area contributed by atoms with Crippen molar-refractivity contribution >= 4 is 18.0 Å². The number of aliphatic carboxylic acids is 1. The number of carbonyl (C=O) groups is 3. The Hall–Kier alpha value is -3.60. The summed E-state index contributed by atoms with van der Waals surface area (Å²) in [5, 5.41) is 21.7. The molecule has 0 radical (unpaired) electrons. The molecule has 0 aromatic heterocycles. The highest BCUT2D eigenvalue weighted by atomic mass is 19.4. The number of alkyl halides is 3. The summed E-state index contributed by atoms with van der Waals surface area (Å²) in [6.45, 7) is -0.788. The second-order valence-electron chi connectivity index (χ2n) is 7.75. The Balaban J connectivity index is 1.69. The maximum atomic E-state index is 13.0. The minimum atomic E-state index is -4.83. The number of alkyl carbamates (subject to hydrolysis) is 1. The smallest absolute Gasteiger partial charge is 0.407 e. The van der Waals surface area contributed by atoms with Crippen molar-refractivity contribution in [2.45, 2.75) is 37.0 Å². The quantitative estimate of drug-likeness (QED) is 0.438. The van der Waals surface area contributed by atoms with Gasteiger partial charge >= 0.3 is 18.2 Å². The number of nitrogens with one attached hydrogen (secondary N) is 2. The van der Waals surface area contributed by atoms with E-state index in [2.05, 4.69) is 0 Å². The summed E-state index contributed by atoms with van der Waals surface area (Å²) in [5.74, 6) is -3.23. The molecule has 2 aromatic carbocycles. The van der Waals surface area contributed by atoms with E-state index in [9.17, 15) is 27.6 Å². The Bertz CT molecular complexity index is 1010. The maximum Gasteiger partial charge on any atom is 0.407 e. The third-order valence-electron chi connectivity index (χ3n) is 5.42. The summed E-state index contributed by atoms with van der Waals surface area (Å²) < 4.78 is 44.2. The summed E-state index contributed by atoms with van der Waals surface area (Å²) in [6.07, 6.45) is -8.21. The number of aliphatic hydroxyl groups excluding tert-OH is 1. The van der Waals surface area contributed by atoms with Gasteiger partial charge in [0.15, 0.2) is 0 Å². The van der Waals surface area contributed by atoms with Gasteiger partial charge in [-0.15, -0.1) is 0 Å². The van der Waals surface area contributed by atoms with Crippen LogP contribution in [0.2, 0.25) is 0 Å². The van der Waals surface area contributed by atoms with E-state index in [0.717, 1.165) is 22.3 Å². The number of benzene rings is 2. The highest BCUT2D eigenvalue weighted by Crippen LogP contribution is 2.44. The number of aliphatic hydroxyl groups is 1. The fraction of sp³-hybridized carbons (Fsp3) is 0.348. The van der Waals surface area contributed by atoms with Crippen LogP contribution in [0.15, 0.2) is 48.5 Å². The first-order valence-corrected chi connectivity index (χ1v) is 10.4. The minimum absolute atomic E-state index is 0.178. The van der Waals surface area contributed by atoms with Gasteiger partial charge in [-0.3, -0.25) is 4.79 Å². The molecule has 0 spiro atoms. The van der Waals surface area contributed by atoms with Crippen LogP contribution in [0.5, 0.6) is 0 Å². The van der Waals surface area contributed by atoms with Crippen LogP contribution in [-0.4, -0.2) is 59.7 Å². The van der Waals surface area contributed by atoms with Crippen LogP contribution in [0.25, 0.3) is 11.1 Å². The van der Waals surface area contributed by atoms with Crippen LogP contribution in [0, 0.1) is 0 Å². The van der Waals surface area contributed by atoms with Crippen LogP contribution in [0.4, 0.5) is 18.0 Å². The molecule has 0 aliphatic heterocycles. The fourth-order valence-corrected chi connectivity index (χ4v) is 3.88. The number of halogens is 3. The zero-order valence-corrected chi connectivity index (χ0v) is 17.8. The lowest BCUT2D eigenvalue weighted by atomic mass is 9.98. The Morgan fingerprint density at radius 3 is 2.00 bits per heavy atom. The van der Waals surface area contributed by atoms with Crippen LogP contribution in [0.3, 0.4) is 0 Å². The van der Waals surface area contributed by atoms with Gasteiger partial charge in [-0.1, -0.05) is 48.5 Å². The normalized spacial score (nSPS) is 14.5. The van der Waals surface area contributed by atoms with E-state index in [1.165, 1.54) is 0 Å². The molecular formula is C23H23F3N2O6. The standard InChI is InChI=1S/C23H23F3N2O6/c24-23(25,26)11-19(20(30)27-18(9-10-29)21(31)32)28-22(33)34-12-17-15-7-3-1-5-13(15)14-6-2-4-8-16(14)17/h1-8,17-19,29H,9-12H2,(H,27,30)(H,28,33)(H,31,32)/t18-,19?/m1/s1. The van der Waals surface area contributed by atoms with Crippen molar-refractivity contribution in [2.75, 3.05) is 13.2 Å². The molecule has 2 amide bonds. The highest BCUT2D eigenvalue weighted by Gasteiger charge is 2.38. The molecule has 8 nitrogen and oxygen atoms in total. The molecular weight excluding hydrogens is 457 g/mol. The van der Waals surface area contributed by atoms with Crippen LogP contribution in [-0.2, 0) is 14.3 Å². The molecule has 4 N–H and O–H groups in total. The van der Waals surface area contributed by atoms with E-state index in [0.29, 0.717) is 0 Å². The summed E-state index contributed by atoms with van der Waals surface area (Å²) in [7, 11) is 0. The van der Waals surface area contributed by atoms with E-state index in [4.69, 9.17) is 14.9 Å². The Morgan fingerprint density at radius 1 is 0.941 bits per heavy atom.